The monoisotopic (exact) mass is 299 g/mol. The Labute approximate surface area is 125 Å². The van der Waals surface area contributed by atoms with Crippen LogP contribution < -0.4 is 0 Å². The van der Waals surface area contributed by atoms with Crippen molar-refractivity contribution in [1.29, 1.82) is 5.26 Å². The number of imidazole rings is 1. The zero-order valence-corrected chi connectivity index (χ0v) is 12.6. The van der Waals surface area contributed by atoms with Gasteiger partial charge in [0.15, 0.2) is 4.96 Å². The predicted molar refractivity (Wildman–Crippen MR) is 82.3 cm³/mol. The lowest BCUT2D eigenvalue weighted by atomic mass is 10.0. The maximum atomic E-state index is 9.18. The predicted octanol–water partition coefficient (Wildman–Crippen LogP) is 4.07. The van der Waals surface area contributed by atoms with Crippen LogP contribution in [-0.4, -0.2) is 9.38 Å². The van der Waals surface area contributed by atoms with Crippen molar-refractivity contribution in [3.05, 3.63) is 33.8 Å². The summed E-state index contributed by atoms with van der Waals surface area (Å²) in [6.07, 6.45) is 5.24. The van der Waals surface area contributed by atoms with Gasteiger partial charge in [0.05, 0.1) is 23.1 Å². The highest BCUT2D eigenvalue weighted by Crippen LogP contribution is 2.36. The highest BCUT2D eigenvalue weighted by molar-refractivity contribution is 7.17. The maximum absolute atomic E-state index is 9.18. The van der Waals surface area contributed by atoms with E-state index < -0.39 is 0 Å². The average Bonchev–Trinajstić information content (AvgIpc) is 3.14. The maximum Gasteiger partial charge on any atom is 0.195 e. The molecule has 0 atom stereocenters. The van der Waals surface area contributed by atoms with Crippen LogP contribution in [0.1, 0.15) is 29.1 Å². The molecule has 0 aromatic carbocycles. The molecule has 4 rings (SSSR count). The van der Waals surface area contributed by atoms with Gasteiger partial charge in [-0.1, -0.05) is 6.07 Å². The summed E-state index contributed by atoms with van der Waals surface area (Å²) in [6.45, 7) is 0. The minimum atomic E-state index is 0.428. The first kappa shape index (κ1) is 12.1. The summed E-state index contributed by atoms with van der Waals surface area (Å²) in [7, 11) is 0. The van der Waals surface area contributed by atoms with Crippen LogP contribution in [0.2, 0.25) is 0 Å². The molecule has 100 valence electrons. The summed E-state index contributed by atoms with van der Waals surface area (Å²) in [4.78, 5) is 8.51. The van der Waals surface area contributed by atoms with Crippen LogP contribution in [0.25, 0.3) is 15.5 Å². The van der Waals surface area contributed by atoms with Gasteiger partial charge in [-0.05, 0) is 37.1 Å². The van der Waals surface area contributed by atoms with Crippen molar-refractivity contribution in [2.24, 2.45) is 0 Å². The average molecular weight is 299 g/mol. The van der Waals surface area contributed by atoms with Gasteiger partial charge in [0.1, 0.15) is 5.69 Å². The first-order valence-corrected chi connectivity index (χ1v) is 8.51. The number of aromatic nitrogens is 2. The summed E-state index contributed by atoms with van der Waals surface area (Å²) >= 11 is 3.50. The van der Waals surface area contributed by atoms with Crippen LogP contribution in [-0.2, 0) is 19.3 Å². The molecule has 0 bridgehead atoms. The molecule has 3 nitrogen and oxygen atoms in total. The Morgan fingerprint density at radius 1 is 1.35 bits per heavy atom. The van der Waals surface area contributed by atoms with E-state index in [-0.39, 0.29) is 0 Å². The molecule has 0 fully saturated rings. The van der Waals surface area contributed by atoms with Gasteiger partial charge in [-0.15, -0.1) is 22.7 Å². The standard InChI is InChI=1S/C15H13N3S2/c16-8-7-11-14(13-6-3-9-19-13)17-15-18(11)10-4-1-2-5-12(10)20-15/h3,6,9H,1-2,4-5,7H2. The first-order chi connectivity index (χ1) is 9.88. The first-order valence-electron chi connectivity index (χ1n) is 6.81. The second kappa shape index (κ2) is 4.72. The molecule has 0 unspecified atom stereocenters. The van der Waals surface area contributed by atoms with Crippen LogP contribution >= 0.6 is 22.7 Å². The summed E-state index contributed by atoms with van der Waals surface area (Å²) in [5.41, 5.74) is 3.47. The molecule has 3 aromatic heterocycles. The SMILES string of the molecule is N#CCc1c(-c2cccs2)nc2sc3c(n12)CCCC3. The Morgan fingerprint density at radius 2 is 2.25 bits per heavy atom. The van der Waals surface area contributed by atoms with E-state index in [2.05, 4.69) is 21.9 Å². The van der Waals surface area contributed by atoms with E-state index in [1.165, 1.54) is 29.8 Å². The molecule has 0 saturated carbocycles. The van der Waals surface area contributed by atoms with E-state index in [0.717, 1.165) is 27.6 Å². The van der Waals surface area contributed by atoms with Crippen molar-refractivity contribution >= 4 is 27.6 Å². The molecule has 0 N–H and O–H groups in total. The van der Waals surface area contributed by atoms with Crippen molar-refractivity contribution in [3.8, 4) is 16.6 Å². The number of hydrogen-bond acceptors (Lipinski definition) is 4. The van der Waals surface area contributed by atoms with Gasteiger partial charge in [0.25, 0.3) is 0 Å². The van der Waals surface area contributed by atoms with Crippen molar-refractivity contribution in [3.63, 3.8) is 0 Å². The third-order valence-corrected chi connectivity index (χ3v) is 5.84. The van der Waals surface area contributed by atoms with Crippen LogP contribution in [0.15, 0.2) is 17.5 Å². The van der Waals surface area contributed by atoms with Crippen LogP contribution in [0.3, 0.4) is 0 Å². The number of thiazole rings is 1. The summed E-state index contributed by atoms with van der Waals surface area (Å²) in [5.74, 6) is 0. The molecule has 5 heteroatoms. The molecule has 3 aromatic rings. The van der Waals surface area contributed by atoms with Gasteiger partial charge in [0, 0.05) is 10.6 Å². The Hall–Kier alpha value is -1.64. The Kier molecular flexibility index (Phi) is 2.86. The normalized spacial score (nSPS) is 14.3. The van der Waals surface area contributed by atoms with Crippen molar-refractivity contribution in [2.45, 2.75) is 32.1 Å². The zero-order valence-electron chi connectivity index (χ0n) is 10.9. The largest absolute Gasteiger partial charge is 0.290 e. The number of aryl methyl sites for hydroxylation is 2. The number of nitriles is 1. The number of hydrogen-bond donors (Lipinski definition) is 0. The molecule has 0 aliphatic heterocycles. The van der Waals surface area contributed by atoms with E-state index in [1.54, 1.807) is 22.7 Å². The Balaban J connectivity index is 2.00. The molecule has 3 heterocycles. The molecular formula is C15H13N3S2. The Bertz CT molecular complexity index is 803. The number of nitrogens with zero attached hydrogens (tertiary/aromatic N) is 3. The van der Waals surface area contributed by atoms with Gasteiger partial charge < -0.3 is 0 Å². The Morgan fingerprint density at radius 3 is 3.05 bits per heavy atom. The van der Waals surface area contributed by atoms with Crippen LogP contribution in [0, 0.1) is 11.3 Å². The number of thiophene rings is 1. The molecule has 20 heavy (non-hydrogen) atoms. The summed E-state index contributed by atoms with van der Waals surface area (Å²) in [6, 6.07) is 6.44. The quantitative estimate of drug-likeness (QED) is 0.715. The van der Waals surface area contributed by atoms with Crippen LogP contribution in [0.4, 0.5) is 0 Å². The minimum absolute atomic E-state index is 0.428. The fourth-order valence-corrected chi connectivity index (χ4v) is 4.91. The molecular weight excluding hydrogens is 286 g/mol. The highest BCUT2D eigenvalue weighted by Gasteiger charge is 2.23. The number of rotatable bonds is 2. The third kappa shape index (κ3) is 1.72. The van der Waals surface area contributed by atoms with Gasteiger partial charge in [-0.2, -0.15) is 5.26 Å². The van der Waals surface area contributed by atoms with E-state index in [1.807, 2.05) is 6.07 Å². The molecule has 0 saturated heterocycles. The molecule has 1 aliphatic rings. The molecule has 0 radical (unpaired) electrons. The van der Waals surface area contributed by atoms with E-state index >= 15 is 0 Å². The topological polar surface area (TPSA) is 41.1 Å². The van der Waals surface area contributed by atoms with Gasteiger partial charge in [-0.3, -0.25) is 4.40 Å². The molecule has 1 aliphatic carbocycles. The van der Waals surface area contributed by atoms with Gasteiger partial charge >= 0.3 is 0 Å². The van der Waals surface area contributed by atoms with Gasteiger partial charge in [0.2, 0.25) is 0 Å². The van der Waals surface area contributed by atoms with E-state index in [9.17, 15) is 5.26 Å². The molecule has 0 amide bonds. The van der Waals surface area contributed by atoms with Crippen molar-refractivity contribution < 1.29 is 0 Å². The lowest BCUT2D eigenvalue weighted by Gasteiger charge is -2.11. The third-order valence-electron chi connectivity index (χ3n) is 3.82. The fourth-order valence-electron chi connectivity index (χ4n) is 2.94. The number of fused-ring (bicyclic) bond motifs is 3. The summed E-state index contributed by atoms with van der Waals surface area (Å²) < 4.78 is 2.26. The van der Waals surface area contributed by atoms with E-state index in [0.29, 0.717) is 6.42 Å². The summed E-state index contributed by atoms with van der Waals surface area (Å²) in [5, 5.41) is 11.2. The van der Waals surface area contributed by atoms with Crippen molar-refractivity contribution in [2.75, 3.05) is 0 Å². The van der Waals surface area contributed by atoms with Crippen molar-refractivity contribution in [1.82, 2.24) is 9.38 Å². The lowest BCUT2D eigenvalue weighted by molar-refractivity contribution is 0.671. The van der Waals surface area contributed by atoms with E-state index in [4.69, 9.17) is 4.98 Å². The zero-order chi connectivity index (χ0) is 13.5. The minimum Gasteiger partial charge on any atom is -0.290 e. The van der Waals surface area contributed by atoms with Crippen LogP contribution in [0.5, 0.6) is 0 Å². The second-order valence-corrected chi connectivity index (χ2v) is 7.03. The van der Waals surface area contributed by atoms with Gasteiger partial charge in [-0.25, -0.2) is 4.98 Å². The lowest BCUT2D eigenvalue weighted by Crippen LogP contribution is -2.05. The highest BCUT2D eigenvalue weighted by atomic mass is 32.1. The second-order valence-electron chi connectivity index (χ2n) is 5.02. The fraction of sp³-hybridized carbons (Fsp3) is 0.333. The molecule has 0 spiro atoms. The smallest absolute Gasteiger partial charge is 0.195 e.